The Hall–Kier alpha value is -1.66. The molecule has 5 nitrogen and oxygen atoms in total. The molecule has 6 heteroatoms. The first-order valence-corrected chi connectivity index (χ1v) is 10.1. The van der Waals surface area contributed by atoms with E-state index >= 15 is 0 Å². The fourth-order valence-corrected chi connectivity index (χ4v) is 4.77. The van der Waals surface area contributed by atoms with Gasteiger partial charge >= 0.3 is 0 Å². The maximum atomic E-state index is 13.3. The third-order valence-corrected chi connectivity index (χ3v) is 5.83. The molecule has 2 aromatic rings. The van der Waals surface area contributed by atoms with Crippen LogP contribution in [0, 0.1) is 25.7 Å². The summed E-state index contributed by atoms with van der Waals surface area (Å²) < 4.78 is 33.5. The molecule has 138 valence electrons. The van der Waals surface area contributed by atoms with Gasteiger partial charge in [-0.2, -0.15) is 4.31 Å². The Morgan fingerprint density at radius 1 is 1.04 bits per heavy atom. The van der Waals surface area contributed by atoms with E-state index in [4.69, 9.17) is 4.52 Å². The monoisotopic (exact) mass is 364 g/mol. The van der Waals surface area contributed by atoms with E-state index in [-0.39, 0.29) is 11.8 Å². The fraction of sp³-hybridized carbons (Fsp3) is 0.526. The molecule has 0 fully saturated rings. The van der Waals surface area contributed by atoms with E-state index in [9.17, 15) is 8.42 Å². The second-order valence-corrected chi connectivity index (χ2v) is 9.33. The summed E-state index contributed by atoms with van der Waals surface area (Å²) in [7, 11) is -3.57. The van der Waals surface area contributed by atoms with Gasteiger partial charge in [0.1, 0.15) is 0 Å². The highest BCUT2D eigenvalue weighted by Gasteiger charge is 2.28. The predicted octanol–water partition coefficient (Wildman–Crippen LogP) is 4.26. The summed E-state index contributed by atoms with van der Waals surface area (Å²) in [6.07, 6.45) is 0. The van der Waals surface area contributed by atoms with Crippen molar-refractivity contribution in [3.05, 3.63) is 35.5 Å². The Kier molecular flexibility index (Phi) is 6.06. The zero-order valence-corrected chi connectivity index (χ0v) is 16.7. The van der Waals surface area contributed by atoms with E-state index < -0.39 is 10.0 Å². The summed E-state index contributed by atoms with van der Waals surface area (Å²) in [5, 5.41) is 3.89. The van der Waals surface area contributed by atoms with E-state index in [1.165, 1.54) is 0 Å². The number of rotatable bonds is 7. The maximum Gasteiger partial charge on any atom is 0.243 e. The lowest BCUT2D eigenvalue weighted by atomic mass is 10.1. The van der Waals surface area contributed by atoms with Crippen LogP contribution in [0.1, 0.15) is 39.0 Å². The van der Waals surface area contributed by atoms with Crippen LogP contribution in [-0.4, -0.2) is 31.0 Å². The molecular weight excluding hydrogens is 336 g/mol. The molecule has 0 aliphatic heterocycles. The Morgan fingerprint density at radius 3 is 2.12 bits per heavy atom. The largest absolute Gasteiger partial charge is 0.356 e. The molecule has 0 spiro atoms. The van der Waals surface area contributed by atoms with Gasteiger partial charge in [0.05, 0.1) is 10.6 Å². The molecule has 1 aromatic heterocycles. The first-order chi connectivity index (χ1) is 11.6. The van der Waals surface area contributed by atoms with Crippen LogP contribution in [0.3, 0.4) is 0 Å². The number of aryl methyl sites for hydroxylation is 2. The molecular formula is C19H28N2O3S. The van der Waals surface area contributed by atoms with Crippen molar-refractivity contribution in [3.63, 3.8) is 0 Å². The van der Waals surface area contributed by atoms with Crippen molar-refractivity contribution in [3.8, 4) is 11.3 Å². The molecule has 0 saturated carbocycles. The van der Waals surface area contributed by atoms with Crippen LogP contribution in [-0.2, 0) is 10.0 Å². The van der Waals surface area contributed by atoms with E-state index in [2.05, 4.69) is 5.16 Å². The molecule has 25 heavy (non-hydrogen) atoms. The summed E-state index contributed by atoms with van der Waals surface area (Å²) >= 11 is 0. The van der Waals surface area contributed by atoms with E-state index in [0.29, 0.717) is 23.7 Å². The highest BCUT2D eigenvalue weighted by atomic mass is 32.2. The minimum atomic E-state index is -3.57. The Labute approximate surface area is 151 Å². The van der Waals surface area contributed by atoms with E-state index in [0.717, 1.165) is 16.8 Å². The molecule has 0 aliphatic carbocycles. The summed E-state index contributed by atoms with van der Waals surface area (Å²) in [4.78, 5) is 0.334. The average Bonchev–Trinajstić information content (AvgIpc) is 2.92. The van der Waals surface area contributed by atoms with Gasteiger partial charge in [0, 0.05) is 24.7 Å². The number of hydrogen-bond donors (Lipinski definition) is 0. The third kappa shape index (κ3) is 4.70. The Bertz CT molecular complexity index is 813. The second-order valence-electron chi connectivity index (χ2n) is 7.42. The number of nitrogens with zero attached hydrogens (tertiary/aromatic N) is 2. The van der Waals surface area contributed by atoms with Gasteiger partial charge in [0.2, 0.25) is 10.0 Å². The lowest BCUT2D eigenvalue weighted by molar-refractivity contribution is 0.333. The highest BCUT2D eigenvalue weighted by molar-refractivity contribution is 7.89. The molecule has 0 unspecified atom stereocenters. The SMILES string of the molecule is Cc1cc(-c2ccc(C)c(S(=O)(=O)N(CC(C)C)CC(C)C)c2)on1. The third-order valence-electron chi connectivity index (χ3n) is 3.86. The molecule has 1 aromatic carbocycles. The first-order valence-electron chi connectivity index (χ1n) is 8.65. The van der Waals surface area contributed by atoms with Crippen LogP contribution in [0.15, 0.2) is 33.7 Å². The summed E-state index contributed by atoms with van der Waals surface area (Å²) in [5.41, 5.74) is 2.22. The Balaban J connectivity index is 2.49. The zero-order chi connectivity index (χ0) is 18.8. The summed E-state index contributed by atoms with van der Waals surface area (Å²) in [5.74, 6) is 1.09. The van der Waals surface area contributed by atoms with Crippen LogP contribution in [0.25, 0.3) is 11.3 Å². The maximum absolute atomic E-state index is 13.3. The van der Waals surface area contributed by atoms with Gasteiger partial charge in [-0.25, -0.2) is 8.42 Å². The summed E-state index contributed by atoms with van der Waals surface area (Å²) in [6.45, 7) is 12.8. The van der Waals surface area contributed by atoms with Crippen LogP contribution in [0.4, 0.5) is 0 Å². The second kappa shape index (κ2) is 7.70. The number of hydrogen-bond acceptors (Lipinski definition) is 4. The normalized spacial score (nSPS) is 12.5. The molecule has 2 rings (SSSR count). The zero-order valence-electron chi connectivity index (χ0n) is 15.9. The van der Waals surface area contributed by atoms with Crippen molar-refractivity contribution in [2.24, 2.45) is 11.8 Å². The van der Waals surface area contributed by atoms with Crippen molar-refractivity contribution in [2.75, 3.05) is 13.1 Å². The van der Waals surface area contributed by atoms with Gasteiger partial charge in [-0.15, -0.1) is 0 Å². The minimum absolute atomic E-state index is 0.258. The number of aromatic nitrogens is 1. The predicted molar refractivity (Wildman–Crippen MR) is 99.8 cm³/mol. The van der Waals surface area contributed by atoms with Crippen molar-refractivity contribution in [1.82, 2.24) is 9.46 Å². The van der Waals surface area contributed by atoms with Crippen LogP contribution in [0.5, 0.6) is 0 Å². The lowest BCUT2D eigenvalue weighted by Crippen LogP contribution is -2.37. The van der Waals surface area contributed by atoms with Crippen molar-refractivity contribution >= 4 is 10.0 Å². The summed E-state index contributed by atoms with van der Waals surface area (Å²) in [6, 6.07) is 7.19. The Morgan fingerprint density at radius 2 is 1.64 bits per heavy atom. The lowest BCUT2D eigenvalue weighted by Gasteiger charge is -2.26. The van der Waals surface area contributed by atoms with Gasteiger partial charge in [-0.1, -0.05) is 45.0 Å². The van der Waals surface area contributed by atoms with Crippen molar-refractivity contribution < 1.29 is 12.9 Å². The highest BCUT2D eigenvalue weighted by Crippen LogP contribution is 2.28. The molecule has 0 amide bonds. The molecule has 0 radical (unpaired) electrons. The van der Waals surface area contributed by atoms with Crippen LogP contribution < -0.4 is 0 Å². The standard InChI is InChI=1S/C19H28N2O3S/c1-13(2)11-21(12-14(3)4)25(22,23)19-10-17(8-7-15(19)5)18-9-16(6)20-24-18/h7-10,13-14H,11-12H2,1-6H3. The van der Waals surface area contributed by atoms with E-state index in [1.54, 1.807) is 16.4 Å². The molecule has 0 N–H and O–H groups in total. The van der Waals surface area contributed by atoms with Crippen LogP contribution >= 0.6 is 0 Å². The number of sulfonamides is 1. The van der Waals surface area contributed by atoms with Crippen molar-refractivity contribution in [1.29, 1.82) is 0 Å². The molecule has 1 heterocycles. The molecule has 0 saturated heterocycles. The molecule has 0 atom stereocenters. The number of benzene rings is 1. The minimum Gasteiger partial charge on any atom is -0.356 e. The van der Waals surface area contributed by atoms with Crippen molar-refractivity contribution in [2.45, 2.75) is 46.4 Å². The fourth-order valence-electron chi connectivity index (χ4n) is 2.76. The smallest absolute Gasteiger partial charge is 0.243 e. The van der Waals surface area contributed by atoms with Gasteiger partial charge in [0.25, 0.3) is 0 Å². The quantitative estimate of drug-likeness (QED) is 0.736. The van der Waals surface area contributed by atoms with Gasteiger partial charge in [-0.3, -0.25) is 0 Å². The van der Waals surface area contributed by atoms with E-state index in [1.807, 2.05) is 53.7 Å². The van der Waals surface area contributed by atoms with Gasteiger partial charge in [-0.05, 0) is 37.3 Å². The van der Waals surface area contributed by atoms with Gasteiger partial charge in [0.15, 0.2) is 5.76 Å². The topological polar surface area (TPSA) is 63.4 Å². The van der Waals surface area contributed by atoms with Gasteiger partial charge < -0.3 is 4.52 Å². The average molecular weight is 365 g/mol. The molecule has 0 aliphatic rings. The van der Waals surface area contributed by atoms with Crippen LogP contribution in [0.2, 0.25) is 0 Å². The molecule has 0 bridgehead atoms. The first kappa shape index (κ1) is 19.7.